The molecule has 126 valence electrons. The van der Waals surface area contributed by atoms with E-state index in [1.165, 1.54) is 22.3 Å². The van der Waals surface area contributed by atoms with Crippen molar-refractivity contribution in [2.45, 2.75) is 18.2 Å². The van der Waals surface area contributed by atoms with Crippen molar-refractivity contribution < 1.29 is 13.2 Å². The highest BCUT2D eigenvalue weighted by Gasteiger charge is 2.30. The molecule has 0 unspecified atom stereocenters. The van der Waals surface area contributed by atoms with Gasteiger partial charge in [0.2, 0.25) is 11.0 Å². The summed E-state index contributed by atoms with van der Waals surface area (Å²) in [7, 11) is -2.08. The van der Waals surface area contributed by atoms with E-state index in [0.717, 1.165) is 11.4 Å². The number of amides is 1. The van der Waals surface area contributed by atoms with Crippen molar-refractivity contribution in [2.24, 2.45) is 4.40 Å². The predicted octanol–water partition coefficient (Wildman–Crippen LogP) is 1.12. The Morgan fingerprint density at radius 3 is 2.75 bits per heavy atom. The molecule has 0 aliphatic carbocycles. The van der Waals surface area contributed by atoms with Gasteiger partial charge in [0, 0.05) is 12.6 Å². The lowest BCUT2D eigenvalue weighted by Crippen LogP contribution is -2.34. The summed E-state index contributed by atoms with van der Waals surface area (Å²) in [5.74, 6) is -0.0620. The molecule has 1 N–H and O–H groups in total. The Bertz CT molecular complexity index is 920. The summed E-state index contributed by atoms with van der Waals surface area (Å²) in [5, 5.41) is 11.7. The third kappa shape index (κ3) is 3.15. The number of benzene rings is 1. The Labute approximate surface area is 143 Å². The van der Waals surface area contributed by atoms with Crippen LogP contribution in [0.3, 0.4) is 0 Å². The highest BCUT2D eigenvalue weighted by molar-refractivity contribution is 7.90. The summed E-state index contributed by atoms with van der Waals surface area (Å²) >= 11 is 1.31. The van der Waals surface area contributed by atoms with E-state index in [1.54, 1.807) is 25.2 Å². The van der Waals surface area contributed by atoms with E-state index in [1.807, 2.05) is 6.92 Å². The molecule has 1 aromatic carbocycles. The summed E-state index contributed by atoms with van der Waals surface area (Å²) < 4.78 is 27.9. The molecule has 1 aliphatic heterocycles. The first-order chi connectivity index (χ1) is 11.4. The number of sulfonamides is 1. The number of aromatic nitrogens is 2. The molecule has 0 saturated carbocycles. The molecule has 0 spiro atoms. The number of carbonyl (C=O) groups excluding carboxylic acids is 1. The molecule has 24 heavy (non-hydrogen) atoms. The number of amidine groups is 1. The molecular weight excluding hydrogens is 350 g/mol. The summed E-state index contributed by atoms with van der Waals surface area (Å²) in [6, 6.07) is 6.55. The molecule has 1 aromatic heterocycles. The van der Waals surface area contributed by atoms with E-state index in [9.17, 15) is 13.2 Å². The van der Waals surface area contributed by atoms with Crippen LogP contribution >= 0.6 is 11.3 Å². The van der Waals surface area contributed by atoms with Gasteiger partial charge in [-0.3, -0.25) is 10.1 Å². The molecule has 10 heteroatoms. The average Bonchev–Trinajstić information content (AvgIpc) is 3.10. The maximum atomic E-state index is 12.1. The number of nitrogens with zero attached hydrogens (tertiary/aromatic N) is 4. The van der Waals surface area contributed by atoms with Crippen LogP contribution in [-0.4, -0.2) is 48.9 Å². The van der Waals surface area contributed by atoms with Gasteiger partial charge in [0.05, 0.1) is 6.54 Å². The van der Waals surface area contributed by atoms with Crippen LogP contribution in [-0.2, 0) is 21.2 Å². The van der Waals surface area contributed by atoms with Crippen LogP contribution in [0.2, 0.25) is 0 Å². The summed E-state index contributed by atoms with van der Waals surface area (Å²) in [6.07, 6.45) is 0.749. The topological polar surface area (TPSA) is 105 Å². The van der Waals surface area contributed by atoms with Crippen LogP contribution in [0.4, 0.5) is 5.13 Å². The maximum absolute atomic E-state index is 12.1. The molecule has 0 fully saturated rings. The van der Waals surface area contributed by atoms with Gasteiger partial charge in [0.25, 0.3) is 10.0 Å². The molecule has 2 heterocycles. The van der Waals surface area contributed by atoms with Crippen LogP contribution in [0.1, 0.15) is 17.5 Å². The molecule has 8 nitrogen and oxygen atoms in total. The first-order valence-electron chi connectivity index (χ1n) is 7.18. The zero-order chi connectivity index (χ0) is 17.3. The SMILES string of the molecule is CCc1nnc(NC(=O)CN(C)C2=NS(=O)(=O)c3ccccc32)s1. The van der Waals surface area contributed by atoms with Crippen LogP contribution in [0.25, 0.3) is 0 Å². The molecule has 0 saturated heterocycles. The highest BCUT2D eigenvalue weighted by atomic mass is 32.2. The van der Waals surface area contributed by atoms with Crippen molar-refractivity contribution in [1.29, 1.82) is 0 Å². The molecule has 1 aliphatic rings. The second-order valence-electron chi connectivity index (χ2n) is 5.14. The number of fused-ring (bicyclic) bond motifs is 1. The Morgan fingerprint density at radius 1 is 1.29 bits per heavy atom. The predicted molar refractivity (Wildman–Crippen MR) is 90.7 cm³/mol. The van der Waals surface area contributed by atoms with Crippen LogP contribution in [0.15, 0.2) is 33.6 Å². The zero-order valence-electron chi connectivity index (χ0n) is 13.1. The third-order valence-corrected chi connectivity index (χ3v) is 5.68. The number of aryl methyl sites for hydroxylation is 1. The number of nitrogens with one attached hydrogen (secondary N) is 1. The van der Waals surface area contributed by atoms with Gasteiger partial charge in [-0.2, -0.15) is 8.42 Å². The summed E-state index contributed by atoms with van der Waals surface area (Å²) in [6.45, 7) is 1.90. The van der Waals surface area contributed by atoms with Crippen molar-refractivity contribution in [3.63, 3.8) is 0 Å². The van der Waals surface area contributed by atoms with E-state index in [-0.39, 0.29) is 23.2 Å². The molecular formula is C14H15N5O3S2. The molecule has 2 aromatic rings. The Kier molecular flexibility index (Phi) is 4.33. The largest absolute Gasteiger partial charge is 0.349 e. The number of hydrogen-bond donors (Lipinski definition) is 1. The van der Waals surface area contributed by atoms with Gasteiger partial charge in [-0.15, -0.1) is 14.6 Å². The van der Waals surface area contributed by atoms with E-state index < -0.39 is 10.0 Å². The van der Waals surface area contributed by atoms with E-state index in [2.05, 4.69) is 19.9 Å². The van der Waals surface area contributed by atoms with Crippen molar-refractivity contribution in [3.8, 4) is 0 Å². The van der Waals surface area contributed by atoms with Crippen LogP contribution < -0.4 is 5.32 Å². The first kappa shape index (κ1) is 16.5. The van der Waals surface area contributed by atoms with Crippen LogP contribution in [0, 0.1) is 0 Å². The van der Waals surface area contributed by atoms with Gasteiger partial charge in [-0.1, -0.05) is 30.4 Å². The zero-order valence-corrected chi connectivity index (χ0v) is 14.7. The fraction of sp³-hybridized carbons (Fsp3) is 0.286. The van der Waals surface area contributed by atoms with Gasteiger partial charge in [0.15, 0.2) is 5.84 Å². The Morgan fingerprint density at radius 2 is 2.04 bits per heavy atom. The molecule has 1 amide bonds. The highest BCUT2D eigenvalue weighted by Crippen LogP contribution is 2.26. The first-order valence-corrected chi connectivity index (χ1v) is 9.44. The minimum absolute atomic E-state index is 0.0519. The Hall–Kier alpha value is -2.33. The lowest BCUT2D eigenvalue weighted by Gasteiger charge is -2.17. The van der Waals surface area contributed by atoms with Crippen molar-refractivity contribution in [2.75, 3.05) is 18.9 Å². The minimum atomic E-state index is -3.70. The van der Waals surface area contributed by atoms with Gasteiger partial charge in [-0.25, -0.2) is 0 Å². The molecule has 0 bridgehead atoms. The van der Waals surface area contributed by atoms with Gasteiger partial charge < -0.3 is 4.90 Å². The van der Waals surface area contributed by atoms with E-state index in [0.29, 0.717) is 10.7 Å². The standard InChI is InChI=1S/C14H15N5O3S2/c1-3-12-16-17-14(23-12)15-11(20)8-19(2)13-9-6-4-5-7-10(9)24(21,22)18-13/h4-7H,3,8H2,1-2H3,(H,15,17,20). The fourth-order valence-corrected chi connectivity index (χ4v) is 4.21. The maximum Gasteiger partial charge on any atom is 0.285 e. The second kappa shape index (κ2) is 6.29. The lowest BCUT2D eigenvalue weighted by atomic mass is 10.2. The van der Waals surface area contributed by atoms with E-state index >= 15 is 0 Å². The summed E-state index contributed by atoms with van der Waals surface area (Å²) in [4.78, 5) is 13.8. The normalized spacial score (nSPS) is 14.8. The second-order valence-corrected chi connectivity index (χ2v) is 7.78. The third-order valence-electron chi connectivity index (χ3n) is 3.37. The number of rotatable bonds is 4. The number of likely N-dealkylation sites (N-methyl/N-ethyl adjacent to an activating group) is 1. The van der Waals surface area contributed by atoms with Gasteiger partial charge in [-0.05, 0) is 18.6 Å². The van der Waals surface area contributed by atoms with Crippen LogP contribution in [0.5, 0.6) is 0 Å². The molecule has 0 atom stereocenters. The lowest BCUT2D eigenvalue weighted by molar-refractivity contribution is -0.116. The smallest absolute Gasteiger partial charge is 0.285 e. The van der Waals surface area contributed by atoms with Gasteiger partial charge in [0.1, 0.15) is 9.90 Å². The average molecular weight is 365 g/mol. The summed E-state index contributed by atoms with van der Waals surface area (Å²) in [5.41, 5.74) is 0.497. The van der Waals surface area contributed by atoms with Gasteiger partial charge >= 0.3 is 0 Å². The molecule has 0 radical (unpaired) electrons. The number of carbonyl (C=O) groups is 1. The quantitative estimate of drug-likeness (QED) is 0.870. The Balaban J connectivity index is 1.73. The number of anilines is 1. The van der Waals surface area contributed by atoms with Crippen molar-refractivity contribution in [3.05, 3.63) is 34.8 Å². The van der Waals surface area contributed by atoms with Crippen molar-refractivity contribution in [1.82, 2.24) is 15.1 Å². The molecule has 3 rings (SSSR count). The number of hydrogen-bond acceptors (Lipinski definition) is 7. The van der Waals surface area contributed by atoms with Crippen molar-refractivity contribution >= 4 is 38.2 Å². The van der Waals surface area contributed by atoms with E-state index in [4.69, 9.17) is 0 Å². The monoisotopic (exact) mass is 365 g/mol. The minimum Gasteiger partial charge on any atom is -0.349 e. The fourth-order valence-electron chi connectivity index (χ4n) is 2.26.